The van der Waals surface area contributed by atoms with Crippen LogP contribution in [0.3, 0.4) is 0 Å². The number of fused-ring (bicyclic) bond motifs is 6. The van der Waals surface area contributed by atoms with Crippen LogP contribution in [-0.2, 0) is 22.4 Å². The Labute approximate surface area is 191 Å². The van der Waals surface area contributed by atoms with E-state index in [4.69, 9.17) is 19.8 Å². The second-order valence-corrected chi connectivity index (χ2v) is 11.2. The van der Waals surface area contributed by atoms with E-state index in [9.17, 15) is 5.11 Å². The zero-order valence-electron chi connectivity index (χ0n) is 20.1. The predicted octanol–water partition coefficient (Wildman–Crippen LogP) is 4.30. The van der Waals surface area contributed by atoms with Gasteiger partial charge >= 0.3 is 0 Å². The Morgan fingerprint density at radius 1 is 1.00 bits per heavy atom. The molecule has 32 heavy (non-hydrogen) atoms. The third kappa shape index (κ3) is 4.33. The van der Waals surface area contributed by atoms with Gasteiger partial charge in [-0.2, -0.15) is 5.10 Å². The normalized spacial score (nSPS) is 41.3. The molecule has 0 spiro atoms. The lowest BCUT2D eigenvalue weighted by atomic mass is 9.44. The molecule has 4 N–H and O–H groups in total. The Balaban J connectivity index is 0.000000316. The molecule has 7 atom stereocenters. The van der Waals surface area contributed by atoms with Crippen LogP contribution < -0.4 is 0 Å². The minimum Gasteiger partial charge on any atom is -0.481 e. The summed E-state index contributed by atoms with van der Waals surface area (Å²) < 4.78 is 0. The lowest BCUT2D eigenvalue weighted by Crippen LogP contribution is -2.56. The summed E-state index contributed by atoms with van der Waals surface area (Å²) in [6.07, 6.45) is 12.0. The van der Waals surface area contributed by atoms with Gasteiger partial charge in [0, 0.05) is 19.5 Å². The second kappa shape index (κ2) is 8.81. The minimum atomic E-state index is -0.833. The monoisotopic (exact) mass is 448 g/mol. The van der Waals surface area contributed by atoms with Gasteiger partial charge in [-0.25, -0.2) is 0 Å². The molecule has 1 aromatic heterocycles. The number of carboxylic acid groups (broad SMARTS) is 2. The van der Waals surface area contributed by atoms with E-state index in [0.717, 1.165) is 43.9 Å². The van der Waals surface area contributed by atoms with Gasteiger partial charge in [0.1, 0.15) is 0 Å². The molecule has 0 unspecified atom stereocenters. The highest BCUT2D eigenvalue weighted by atomic mass is 16.4. The summed E-state index contributed by atoms with van der Waals surface area (Å²) >= 11 is 0. The van der Waals surface area contributed by atoms with Crippen molar-refractivity contribution in [2.24, 2.45) is 34.5 Å². The lowest BCUT2D eigenvalue weighted by Gasteiger charge is -2.60. The SMILES string of the molecule is CC(=O)O.CC(=O)O.C[C@]12Cc3cn[nH]c3C[C@@H]1CC[C@@H]1[C@@H]2CC[C@@]2(C)[C@H]1CC[C@]2(C)O. The van der Waals surface area contributed by atoms with Crippen molar-refractivity contribution < 1.29 is 24.9 Å². The van der Waals surface area contributed by atoms with Crippen LogP contribution in [0.5, 0.6) is 0 Å². The molecule has 4 aliphatic rings. The van der Waals surface area contributed by atoms with Crippen LogP contribution in [0.2, 0.25) is 0 Å². The zero-order valence-corrected chi connectivity index (χ0v) is 20.1. The largest absolute Gasteiger partial charge is 0.481 e. The molecule has 0 saturated heterocycles. The number of aromatic nitrogens is 2. The fourth-order valence-corrected chi connectivity index (χ4v) is 7.71. The van der Waals surface area contributed by atoms with Gasteiger partial charge in [-0.05, 0) is 98.4 Å². The van der Waals surface area contributed by atoms with Crippen molar-refractivity contribution in [1.82, 2.24) is 10.2 Å². The van der Waals surface area contributed by atoms with E-state index in [1.54, 1.807) is 0 Å². The number of aromatic amines is 1. The molecule has 3 fully saturated rings. The number of H-pyrrole nitrogens is 1. The van der Waals surface area contributed by atoms with Gasteiger partial charge in [0.2, 0.25) is 0 Å². The fraction of sp³-hybridized carbons (Fsp3) is 0.800. The van der Waals surface area contributed by atoms with Crippen molar-refractivity contribution in [2.45, 2.75) is 91.6 Å². The van der Waals surface area contributed by atoms with Crippen molar-refractivity contribution in [1.29, 1.82) is 0 Å². The average Bonchev–Trinajstić information content (AvgIpc) is 3.19. The maximum absolute atomic E-state index is 11.0. The summed E-state index contributed by atoms with van der Waals surface area (Å²) in [4.78, 5) is 18.0. The highest BCUT2D eigenvalue weighted by Crippen LogP contribution is 2.67. The number of aliphatic hydroxyl groups is 1. The first-order valence-corrected chi connectivity index (χ1v) is 11.9. The first-order chi connectivity index (χ1) is 14.8. The molecule has 0 bridgehead atoms. The molecule has 4 aliphatic carbocycles. The molecule has 1 heterocycles. The Hall–Kier alpha value is -1.89. The fourth-order valence-electron chi connectivity index (χ4n) is 7.71. The lowest BCUT2D eigenvalue weighted by molar-refractivity contribution is -0.139. The van der Waals surface area contributed by atoms with E-state index in [2.05, 4.69) is 37.2 Å². The number of hydrogen-bond donors (Lipinski definition) is 4. The van der Waals surface area contributed by atoms with Gasteiger partial charge in [-0.3, -0.25) is 14.7 Å². The van der Waals surface area contributed by atoms with Gasteiger partial charge < -0.3 is 15.3 Å². The van der Waals surface area contributed by atoms with Gasteiger partial charge in [0.15, 0.2) is 0 Å². The molecule has 1 aromatic rings. The molecule has 7 heteroatoms. The molecule has 0 amide bonds. The summed E-state index contributed by atoms with van der Waals surface area (Å²) in [6, 6.07) is 0. The summed E-state index contributed by atoms with van der Waals surface area (Å²) in [5, 5.41) is 33.4. The van der Waals surface area contributed by atoms with E-state index < -0.39 is 17.5 Å². The Morgan fingerprint density at radius 3 is 2.22 bits per heavy atom. The molecular weight excluding hydrogens is 408 g/mol. The van der Waals surface area contributed by atoms with Crippen molar-refractivity contribution >= 4 is 11.9 Å². The van der Waals surface area contributed by atoms with E-state index in [1.165, 1.54) is 56.2 Å². The molecule has 180 valence electrons. The first-order valence-electron chi connectivity index (χ1n) is 11.9. The van der Waals surface area contributed by atoms with Crippen LogP contribution in [-0.4, -0.2) is 43.1 Å². The topological polar surface area (TPSA) is 124 Å². The second-order valence-electron chi connectivity index (χ2n) is 11.2. The molecular formula is C25H40N2O5. The maximum Gasteiger partial charge on any atom is 0.300 e. The van der Waals surface area contributed by atoms with Crippen molar-refractivity contribution in [3.8, 4) is 0 Å². The highest BCUT2D eigenvalue weighted by Gasteiger charge is 2.63. The summed E-state index contributed by atoms with van der Waals surface area (Å²) in [5.74, 6) is 1.55. The number of carboxylic acids is 2. The third-order valence-electron chi connectivity index (χ3n) is 9.46. The van der Waals surface area contributed by atoms with E-state index >= 15 is 0 Å². The Bertz CT molecular complexity index is 829. The first kappa shape index (κ1) is 24.7. The molecule has 5 rings (SSSR count). The van der Waals surface area contributed by atoms with Crippen molar-refractivity contribution in [3.05, 3.63) is 17.5 Å². The number of carbonyl (C=O) groups is 2. The van der Waals surface area contributed by atoms with E-state index in [1.807, 2.05) is 0 Å². The molecule has 0 aromatic carbocycles. The van der Waals surface area contributed by atoms with Crippen LogP contribution in [0.1, 0.15) is 84.4 Å². The van der Waals surface area contributed by atoms with Crippen LogP contribution in [0.4, 0.5) is 0 Å². The van der Waals surface area contributed by atoms with Crippen LogP contribution in [0.25, 0.3) is 0 Å². The van der Waals surface area contributed by atoms with Crippen LogP contribution in [0.15, 0.2) is 6.20 Å². The Morgan fingerprint density at radius 2 is 1.59 bits per heavy atom. The summed E-state index contributed by atoms with van der Waals surface area (Å²) in [7, 11) is 0. The molecule has 3 saturated carbocycles. The van der Waals surface area contributed by atoms with Gasteiger partial charge in [-0.15, -0.1) is 0 Å². The number of rotatable bonds is 0. The molecule has 0 aliphatic heterocycles. The van der Waals surface area contributed by atoms with Crippen LogP contribution >= 0.6 is 0 Å². The quantitative estimate of drug-likeness (QED) is 0.469. The van der Waals surface area contributed by atoms with E-state index in [0.29, 0.717) is 5.41 Å². The van der Waals surface area contributed by atoms with E-state index in [-0.39, 0.29) is 5.41 Å². The van der Waals surface area contributed by atoms with Crippen molar-refractivity contribution in [2.75, 3.05) is 0 Å². The summed E-state index contributed by atoms with van der Waals surface area (Å²) in [6.45, 7) is 9.25. The zero-order chi connectivity index (χ0) is 23.9. The number of nitrogens with one attached hydrogen (secondary N) is 1. The number of aliphatic carboxylic acids is 2. The summed E-state index contributed by atoms with van der Waals surface area (Å²) in [5.41, 5.74) is 3.01. The molecule has 0 radical (unpaired) electrons. The van der Waals surface area contributed by atoms with Gasteiger partial charge in [0.05, 0.1) is 11.8 Å². The van der Waals surface area contributed by atoms with Crippen LogP contribution in [0, 0.1) is 34.5 Å². The third-order valence-corrected chi connectivity index (χ3v) is 9.46. The van der Waals surface area contributed by atoms with Gasteiger partial charge in [-0.1, -0.05) is 13.8 Å². The smallest absolute Gasteiger partial charge is 0.300 e. The average molecular weight is 449 g/mol. The number of hydrogen-bond acceptors (Lipinski definition) is 4. The molecule has 7 nitrogen and oxygen atoms in total. The van der Waals surface area contributed by atoms with Gasteiger partial charge in [0.25, 0.3) is 11.9 Å². The Kier molecular flexibility index (Phi) is 6.81. The number of nitrogens with zero attached hydrogens (tertiary/aromatic N) is 1. The standard InChI is InChI=1S/C21H32N2O.2C2H4O2/c1-19-11-13-12-22-23-18(13)10-14(19)4-5-15-16(19)6-8-20(2)17(15)7-9-21(20,3)24;2*1-2(3)4/h12,14-17,24H,4-11H2,1-3H3,(H,22,23);2*1H3,(H,3,4)/t14-,15+,16-,17-,19-,20-,21-;;/m0../s1. The van der Waals surface area contributed by atoms with Crippen molar-refractivity contribution in [3.63, 3.8) is 0 Å². The predicted molar refractivity (Wildman–Crippen MR) is 121 cm³/mol. The maximum atomic E-state index is 11.0. The minimum absolute atomic E-state index is 0.146. The highest BCUT2D eigenvalue weighted by molar-refractivity contribution is 5.63.